The van der Waals surface area contributed by atoms with Gasteiger partial charge in [0.25, 0.3) is 5.56 Å². The van der Waals surface area contributed by atoms with Gasteiger partial charge in [0.2, 0.25) is 0 Å². The lowest BCUT2D eigenvalue weighted by Gasteiger charge is -2.30. The maximum absolute atomic E-state index is 15.8. The number of carbonyl (C=O) groups is 1. The summed E-state index contributed by atoms with van der Waals surface area (Å²) in [5, 5.41) is 15.4. The van der Waals surface area contributed by atoms with Crippen LogP contribution in [-0.2, 0) is 4.79 Å². The topological polar surface area (TPSA) is 92.6 Å². The van der Waals surface area contributed by atoms with Gasteiger partial charge in [-0.3, -0.25) is 14.2 Å². The number of nitrogens with one attached hydrogen (secondary N) is 2. The number of nitrogens with zero attached hydrogens (tertiary/aromatic N) is 1. The maximum Gasteiger partial charge on any atom is 0.399 e. The molecule has 3 N–H and O–H groups in total. The molecule has 1 aliphatic rings. The molecule has 3 atom stereocenters. The summed E-state index contributed by atoms with van der Waals surface area (Å²) in [4.78, 5) is 25.6. The summed E-state index contributed by atoms with van der Waals surface area (Å²) >= 11 is 0. The summed E-state index contributed by atoms with van der Waals surface area (Å²) in [7, 11) is 1.23. The molecular formula is C34H32F5N3O4. The van der Waals surface area contributed by atoms with Gasteiger partial charge in [0.05, 0.1) is 24.8 Å². The van der Waals surface area contributed by atoms with Crippen LogP contribution < -0.4 is 20.9 Å². The predicted molar refractivity (Wildman–Crippen MR) is 163 cm³/mol. The maximum atomic E-state index is 15.8. The number of hydrogen-bond donors (Lipinski definition) is 3. The van der Waals surface area contributed by atoms with Crippen molar-refractivity contribution in [3.63, 3.8) is 0 Å². The lowest BCUT2D eigenvalue weighted by atomic mass is 9.84. The average molecular weight is 642 g/mol. The van der Waals surface area contributed by atoms with E-state index in [9.17, 15) is 9.59 Å². The zero-order chi connectivity index (χ0) is 33.2. The summed E-state index contributed by atoms with van der Waals surface area (Å²) in [6.45, 7) is 1.53. The van der Waals surface area contributed by atoms with Crippen LogP contribution in [0.1, 0.15) is 53.1 Å². The van der Waals surface area contributed by atoms with E-state index >= 15 is 22.0 Å². The van der Waals surface area contributed by atoms with E-state index in [1.54, 1.807) is 30.3 Å². The quantitative estimate of drug-likeness (QED) is 0.121. The Kier molecular flexibility index (Phi) is 9.47. The number of carboxylic acids is 1. The Morgan fingerprint density at radius 3 is 2.41 bits per heavy atom. The van der Waals surface area contributed by atoms with Gasteiger partial charge in [0.1, 0.15) is 17.6 Å². The summed E-state index contributed by atoms with van der Waals surface area (Å²) in [5.41, 5.74) is -1.84. The van der Waals surface area contributed by atoms with Crippen molar-refractivity contribution >= 4 is 11.8 Å². The molecule has 0 saturated carbocycles. The number of aromatic nitrogens is 1. The van der Waals surface area contributed by atoms with Crippen LogP contribution in [0.25, 0.3) is 11.1 Å². The molecule has 0 fully saturated rings. The average Bonchev–Trinajstić information content (AvgIpc) is 3.45. The molecule has 1 aromatic heterocycles. The van der Waals surface area contributed by atoms with Crippen LogP contribution in [0.3, 0.4) is 0 Å². The van der Waals surface area contributed by atoms with Crippen molar-refractivity contribution in [1.82, 2.24) is 9.88 Å². The SMILES string of the molecule is COc1cccc(-c2c(C)c(C(c3ccccc3F)C(F)(F)F)c3n(c2=O)[C@@H](C(NCCCC(=O)O)c2ccccc2)CN3)c1F. The number of methoxy groups -OCH3 is 1. The summed E-state index contributed by atoms with van der Waals surface area (Å²) in [6, 6.07) is 16.0. The van der Waals surface area contributed by atoms with Crippen molar-refractivity contribution < 1.29 is 36.6 Å². The van der Waals surface area contributed by atoms with Gasteiger partial charge in [-0.05, 0) is 43.1 Å². The number of anilines is 1. The molecule has 46 heavy (non-hydrogen) atoms. The molecule has 1 aliphatic heterocycles. The Hall–Kier alpha value is -4.71. The van der Waals surface area contributed by atoms with E-state index in [1.807, 2.05) is 0 Å². The number of fused-ring (bicyclic) bond motifs is 1. The first-order valence-electron chi connectivity index (χ1n) is 14.6. The van der Waals surface area contributed by atoms with Crippen LogP contribution in [0.2, 0.25) is 0 Å². The van der Waals surface area contributed by atoms with Gasteiger partial charge >= 0.3 is 12.1 Å². The molecule has 0 spiro atoms. The fraction of sp³-hybridized carbons (Fsp3) is 0.294. The highest BCUT2D eigenvalue weighted by molar-refractivity contribution is 5.74. The number of aliphatic carboxylic acids is 1. The molecule has 242 valence electrons. The molecule has 0 bridgehead atoms. The van der Waals surface area contributed by atoms with E-state index < -0.39 is 58.5 Å². The highest BCUT2D eigenvalue weighted by Gasteiger charge is 2.48. The smallest absolute Gasteiger partial charge is 0.399 e. The lowest BCUT2D eigenvalue weighted by molar-refractivity contribution is -0.141. The normalized spacial score (nSPS) is 15.6. The van der Waals surface area contributed by atoms with Crippen molar-refractivity contribution in [2.45, 2.75) is 43.9 Å². The third-order valence-corrected chi connectivity index (χ3v) is 8.28. The summed E-state index contributed by atoms with van der Waals surface area (Å²) in [6.07, 6.45) is -4.88. The minimum Gasteiger partial charge on any atom is -0.494 e. The fourth-order valence-corrected chi connectivity index (χ4v) is 6.25. The molecule has 4 aromatic rings. The predicted octanol–water partition coefficient (Wildman–Crippen LogP) is 6.97. The zero-order valence-electron chi connectivity index (χ0n) is 25.0. The minimum atomic E-state index is -5.01. The third-order valence-electron chi connectivity index (χ3n) is 8.28. The Balaban J connectivity index is 1.81. The van der Waals surface area contributed by atoms with Crippen molar-refractivity contribution in [2.75, 3.05) is 25.5 Å². The second-order valence-electron chi connectivity index (χ2n) is 11.0. The monoisotopic (exact) mass is 641 g/mol. The summed E-state index contributed by atoms with van der Waals surface area (Å²) < 4.78 is 82.6. The van der Waals surface area contributed by atoms with E-state index in [4.69, 9.17) is 9.84 Å². The molecule has 0 saturated heterocycles. The Labute approximate surface area is 261 Å². The number of benzene rings is 3. The first-order valence-corrected chi connectivity index (χ1v) is 14.6. The largest absolute Gasteiger partial charge is 0.494 e. The zero-order valence-corrected chi connectivity index (χ0v) is 25.0. The third kappa shape index (κ3) is 6.21. The first-order chi connectivity index (χ1) is 22.0. The van der Waals surface area contributed by atoms with Gasteiger partial charge in [-0.1, -0.05) is 60.7 Å². The Bertz CT molecular complexity index is 1790. The van der Waals surface area contributed by atoms with Gasteiger partial charge in [0, 0.05) is 29.7 Å². The molecule has 2 heterocycles. The van der Waals surface area contributed by atoms with Crippen LogP contribution in [0, 0.1) is 18.6 Å². The number of halogens is 5. The number of ether oxygens (including phenoxy) is 1. The van der Waals surface area contributed by atoms with Crippen molar-refractivity contribution in [1.29, 1.82) is 0 Å². The molecule has 5 rings (SSSR count). The standard InChI is InChI=1S/C34H32F5N3O4/c1-19-27(22-13-8-15-25(46-2)30(22)36)33(45)42-24(31(20-10-4-3-5-11-20)40-17-9-16-26(43)44)18-41-32(42)28(19)29(34(37,38)39)21-12-6-7-14-23(21)35/h3-8,10-15,24,29,31,40-41H,9,16-18H2,1-2H3,(H,43,44)/t24-,29?,31?/m1/s1. The summed E-state index contributed by atoms with van der Waals surface area (Å²) in [5.74, 6) is -5.87. The van der Waals surface area contributed by atoms with Gasteiger partial charge in [-0.25, -0.2) is 8.78 Å². The van der Waals surface area contributed by atoms with E-state index in [2.05, 4.69) is 10.6 Å². The van der Waals surface area contributed by atoms with Gasteiger partial charge in [0.15, 0.2) is 11.6 Å². The molecule has 7 nitrogen and oxygen atoms in total. The van der Waals surface area contributed by atoms with Crippen LogP contribution in [0.15, 0.2) is 77.6 Å². The van der Waals surface area contributed by atoms with Crippen molar-refractivity contribution in [3.8, 4) is 16.9 Å². The van der Waals surface area contributed by atoms with Gasteiger partial charge in [-0.15, -0.1) is 0 Å². The molecule has 0 aliphatic carbocycles. The van der Waals surface area contributed by atoms with Crippen LogP contribution >= 0.6 is 0 Å². The molecule has 2 unspecified atom stereocenters. The van der Waals surface area contributed by atoms with E-state index in [-0.39, 0.29) is 54.2 Å². The van der Waals surface area contributed by atoms with Crippen molar-refractivity contribution in [3.05, 3.63) is 117 Å². The molecule has 0 radical (unpaired) electrons. The number of carboxylic acid groups (broad SMARTS) is 1. The van der Waals surface area contributed by atoms with Crippen molar-refractivity contribution in [2.24, 2.45) is 0 Å². The van der Waals surface area contributed by atoms with Gasteiger partial charge in [-0.2, -0.15) is 13.2 Å². The second kappa shape index (κ2) is 13.3. The molecule has 3 aromatic carbocycles. The van der Waals surface area contributed by atoms with E-state index in [1.165, 1.54) is 48.9 Å². The Morgan fingerprint density at radius 1 is 1.07 bits per heavy atom. The highest BCUT2D eigenvalue weighted by Crippen LogP contribution is 2.49. The van der Waals surface area contributed by atoms with Crippen LogP contribution in [0.4, 0.5) is 27.8 Å². The number of rotatable bonds is 11. The molecular weight excluding hydrogens is 609 g/mol. The second-order valence-corrected chi connectivity index (χ2v) is 11.0. The fourth-order valence-electron chi connectivity index (χ4n) is 6.25. The lowest BCUT2D eigenvalue weighted by Crippen LogP contribution is -2.36. The molecule has 0 amide bonds. The van der Waals surface area contributed by atoms with E-state index in [0.717, 1.165) is 12.1 Å². The number of alkyl halides is 3. The molecule has 12 heteroatoms. The number of pyridine rings is 1. The van der Waals surface area contributed by atoms with Crippen LogP contribution in [-0.4, -0.2) is 42.0 Å². The minimum absolute atomic E-state index is 0.000926. The Morgan fingerprint density at radius 2 is 1.76 bits per heavy atom. The van der Waals surface area contributed by atoms with Crippen LogP contribution in [0.5, 0.6) is 5.75 Å². The first kappa shape index (κ1) is 32.7. The van der Waals surface area contributed by atoms with E-state index in [0.29, 0.717) is 5.56 Å². The van der Waals surface area contributed by atoms with Gasteiger partial charge < -0.3 is 20.5 Å². The number of hydrogen-bond acceptors (Lipinski definition) is 5. The highest BCUT2D eigenvalue weighted by atomic mass is 19.4.